The molecule has 0 amide bonds. The lowest BCUT2D eigenvalue weighted by Gasteiger charge is -2.29. The predicted octanol–water partition coefficient (Wildman–Crippen LogP) is 3.93. The van der Waals surface area contributed by atoms with Crippen molar-refractivity contribution in [2.75, 3.05) is 19.4 Å². The van der Waals surface area contributed by atoms with Gasteiger partial charge in [-0.1, -0.05) is 54.6 Å². The second-order valence-corrected chi connectivity index (χ2v) is 9.70. The van der Waals surface area contributed by atoms with Crippen molar-refractivity contribution < 1.29 is 9.47 Å². The number of hydrogen-bond donors (Lipinski definition) is 0. The molecule has 1 aliphatic rings. The number of halogens is 1. The van der Waals surface area contributed by atoms with Gasteiger partial charge >= 0.3 is 0 Å². The van der Waals surface area contributed by atoms with Crippen molar-refractivity contribution >= 4 is 40.2 Å². The molecule has 0 aromatic heterocycles. The second kappa shape index (κ2) is 8.92. The maximum absolute atomic E-state index is 5.88. The molecule has 0 radical (unpaired) electrons. The molecule has 134 valence electrons. The van der Waals surface area contributed by atoms with E-state index >= 15 is 0 Å². The predicted molar refractivity (Wildman–Crippen MR) is 116 cm³/mol. The van der Waals surface area contributed by atoms with Crippen LogP contribution in [-0.2, 0) is 9.47 Å². The van der Waals surface area contributed by atoms with Crippen molar-refractivity contribution in [3.05, 3.63) is 91.0 Å². The number of rotatable bonds is 5. The van der Waals surface area contributed by atoms with Crippen molar-refractivity contribution in [1.82, 2.24) is 0 Å². The van der Waals surface area contributed by atoms with E-state index in [1.54, 1.807) is 0 Å². The van der Waals surface area contributed by atoms with E-state index in [-0.39, 0.29) is 23.3 Å². The molecular formula is C22H23BrO2P+. The van der Waals surface area contributed by atoms with E-state index in [0.29, 0.717) is 13.2 Å². The van der Waals surface area contributed by atoms with Crippen LogP contribution in [0.15, 0.2) is 91.0 Å². The molecule has 1 saturated heterocycles. The zero-order chi connectivity index (χ0) is 17.0. The molecule has 0 aliphatic carbocycles. The summed E-state index contributed by atoms with van der Waals surface area (Å²) in [7, 11) is -1.85. The molecular weight excluding hydrogens is 407 g/mol. The van der Waals surface area contributed by atoms with Crippen LogP contribution in [0.1, 0.15) is 0 Å². The highest BCUT2D eigenvalue weighted by Gasteiger charge is 2.48. The molecule has 0 spiro atoms. The fourth-order valence-corrected chi connectivity index (χ4v) is 7.78. The summed E-state index contributed by atoms with van der Waals surface area (Å²) < 4.78 is 11.8. The minimum atomic E-state index is -1.85. The zero-order valence-electron chi connectivity index (χ0n) is 14.5. The van der Waals surface area contributed by atoms with Crippen LogP contribution >= 0.6 is 24.2 Å². The summed E-state index contributed by atoms with van der Waals surface area (Å²) in [4.78, 5) is 0. The minimum absolute atomic E-state index is 0. The van der Waals surface area contributed by atoms with Crippen molar-refractivity contribution in [3.63, 3.8) is 0 Å². The smallest absolute Gasteiger partial charge is 0.192 e. The molecule has 0 saturated carbocycles. The average molecular weight is 430 g/mol. The fraction of sp³-hybridized carbons (Fsp3) is 0.182. The van der Waals surface area contributed by atoms with E-state index in [1.807, 2.05) is 0 Å². The van der Waals surface area contributed by atoms with Crippen LogP contribution in [-0.4, -0.2) is 25.7 Å². The van der Waals surface area contributed by atoms with E-state index in [9.17, 15) is 0 Å². The topological polar surface area (TPSA) is 18.5 Å². The fourth-order valence-electron chi connectivity index (χ4n) is 3.55. The first kappa shape index (κ1) is 19.3. The Hall–Kier alpha value is -1.51. The second-order valence-electron chi connectivity index (χ2n) is 6.17. The van der Waals surface area contributed by atoms with Gasteiger partial charge in [0.15, 0.2) is 6.29 Å². The van der Waals surface area contributed by atoms with Gasteiger partial charge in [-0.25, -0.2) is 0 Å². The van der Waals surface area contributed by atoms with Gasteiger partial charge < -0.3 is 9.47 Å². The average Bonchev–Trinajstić information content (AvgIpc) is 3.21. The maximum Gasteiger partial charge on any atom is 0.192 e. The first-order chi connectivity index (χ1) is 12.4. The molecule has 3 aromatic rings. The van der Waals surface area contributed by atoms with E-state index in [0.717, 1.165) is 6.16 Å². The van der Waals surface area contributed by atoms with Gasteiger partial charge in [0.25, 0.3) is 0 Å². The molecule has 3 aromatic carbocycles. The van der Waals surface area contributed by atoms with Crippen molar-refractivity contribution in [2.24, 2.45) is 0 Å². The summed E-state index contributed by atoms with van der Waals surface area (Å²) in [6, 6.07) is 32.5. The first-order valence-electron chi connectivity index (χ1n) is 8.68. The lowest BCUT2D eigenvalue weighted by atomic mass is 10.4. The van der Waals surface area contributed by atoms with Crippen LogP contribution in [0.4, 0.5) is 0 Å². The summed E-state index contributed by atoms with van der Waals surface area (Å²) in [5.41, 5.74) is 0. The van der Waals surface area contributed by atoms with E-state index in [1.165, 1.54) is 15.9 Å². The molecule has 4 heteroatoms. The quantitative estimate of drug-likeness (QED) is 0.572. The van der Waals surface area contributed by atoms with Crippen molar-refractivity contribution in [1.29, 1.82) is 0 Å². The van der Waals surface area contributed by atoms with Gasteiger partial charge in [0, 0.05) is 0 Å². The summed E-state index contributed by atoms with van der Waals surface area (Å²) in [6.07, 6.45) is 0.722. The highest BCUT2D eigenvalue weighted by Crippen LogP contribution is 2.56. The lowest BCUT2D eigenvalue weighted by Crippen LogP contribution is -2.37. The Balaban J connectivity index is 0.00000196. The highest BCUT2D eigenvalue weighted by molar-refractivity contribution is 8.93. The molecule has 0 bridgehead atoms. The molecule has 4 rings (SSSR count). The lowest BCUT2D eigenvalue weighted by molar-refractivity contribution is -0.0223. The number of benzene rings is 3. The van der Waals surface area contributed by atoms with E-state index in [4.69, 9.17) is 9.47 Å². The molecule has 1 fully saturated rings. The van der Waals surface area contributed by atoms with Crippen LogP contribution in [0.25, 0.3) is 0 Å². The SMILES string of the molecule is Br.c1ccc([P+](CC2OCCO2)(c2ccccc2)c2ccccc2)cc1. The van der Waals surface area contributed by atoms with Gasteiger partial charge in [0.05, 0.1) is 13.2 Å². The Morgan fingerprint density at radius 1 is 0.615 bits per heavy atom. The van der Waals surface area contributed by atoms with E-state index in [2.05, 4.69) is 91.0 Å². The summed E-state index contributed by atoms with van der Waals surface area (Å²) in [6.45, 7) is 1.37. The summed E-state index contributed by atoms with van der Waals surface area (Å²) >= 11 is 0. The normalized spacial score (nSPS) is 14.8. The van der Waals surface area contributed by atoms with Gasteiger partial charge in [-0.3, -0.25) is 0 Å². The van der Waals surface area contributed by atoms with Crippen LogP contribution < -0.4 is 15.9 Å². The van der Waals surface area contributed by atoms with Gasteiger partial charge in [-0.2, -0.15) is 0 Å². The number of ether oxygens (including phenoxy) is 2. The van der Waals surface area contributed by atoms with Crippen LogP contribution in [0.3, 0.4) is 0 Å². The third-order valence-corrected chi connectivity index (χ3v) is 9.09. The molecule has 0 unspecified atom stereocenters. The van der Waals surface area contributed by atoms with Gasteiger partial charge in [0.2, 0.25) is 0 Å². The molecule has 1 aliphatic heterocycles. The van der Waals surface area contributed by atoms with Gasteiger partial charge in [-0.15, -0.1) is 17.0 Å². The van der Waals surface area contributed by atoms with Crippen LogP contribution in [0.2, 0.25) is 0 Å². The monoisotopic (exact) mass is 429 g/mol. The van der Waals surface area contributed by atoms with Crippen molar-refractivity contribution in [3.8, 4) is 0 Å². The van der Waals surface area contributed by atoms with Crippen LogP contribution in [0, 0.1) is 0 Å². The van der Waals surface area contributed by atoms with Gasteiger partial charge in [-0.05, 0) is 36.4 Å². The summed E-state index contributed by atoms with van der Waals surface area (Å²) in [5, 5.41) is 4.10. The Morgan fingerprint density at radius 2 is 0.962 bits per heavy atom. The molecule has 1 heterocycles. The zero-order valence-corrected chi connectivity index (χ0v) is 17.1. The number of hydrogen-bond acceptors (Lipinski definition) is 2. The van der Waals surface area contributed by atoms with E-state index < -0.39 is 7.26 Å². The molecule has 0 atom stereocenters. The Labute approximate surface area is 166 Å². The Morgan fingerprint density at radius 3 is 1.31 bits per heavy atom. The molecule has 0 N–H and O–H groups in total. The minimum Gasteiger partial charge on any atom is -0.347 e. The standard InChI is InChI=1S/C22H22O2P.BrH/c1-4-10-19(11-5-1)25(18-22-23-16-17-24-22,20-12-6-2-7-13-20)21-14-8-3-9-15-21;/h1-15,22H,16-18H2;1H/q+1;. The summed E-state index contributed by atoms with van der Waals surface area (Å²) in [5.74, 6) is 0. The molecule has 26 heavy (non-hydrogen) atoms. The first-order valence-corrected chi connectivity index (χ1v) is 10.7. The third kappa shape index (κ3) is 3.77. The maximum atomic E-state index is 5.88. The van der Waals surface area contributed by atoms with Crippen LogP contribution in [0.5, 0.6) is 0 Å². The Kier molecular flexibility index (Phi) is 6.61. The molecule has 2 nitrogen and oxygen atoms in total. The van der Waals surface area contributed by atoms with Crippen molar-refractivity contribution in [2.45, 2.75) is 6.29 Å². The largest absolute Gasteiger partial charge is 0.347 e. The highest BCUT2D eigenvalue weighted by atomic mass is 79.9. The Bertz CT molecular complexity index is 693. The van der Waals surface area contributed by atoms with Gasteiger partial charge in [0.1, 0.15) is 29.3 Å². The third-order valence-electron chi connectivity index (χ3n) is 4.70.